The van der Waals surface area contributed by atoms with Gasteiger partial charge < -0.3 is 20.1 Å². The van der Waals surface area contributed by atoms with Gasteiger partial charge in [0.1, 0.15) is 0 Å². The second-order valence-electron chi connectivity index (χ2n) is 6.87. The summed E-state index contributed by atoms with van der Waals surface area (Å²) in [6.07, 6.45) is 3.89. The SMILES string of the molecule is COC1CN(C2(CN)CCCN(C(C)C)CC2)CC1OC. The molecule has 2 aliphatic heterocycles. The van der Waals surface area contributed by atoms with E-state index in [1.165, 1.54) is 19.4 Å². The van der Waals surface area contributed by atoms with E-state index in [1.54, 1.807) is 14.2 Å². The summed E-state index contributed by atoms with van der Waals surface area (Å²) in [7, 11) is 3.56. The molecule has 2 saturated heterocycles. The first-order valence-corrected chi connectivity index (χ1v) is 8.31. The molecule has 124 valence electrons. The van der Waals surface area contributed by atoms with Crippen LogP contribution in [0.4, 0.5) is 0 Å². The van der Waals surface area contributed by atoms with Gasteiger partial charge in [-0.2, -0.15) is 0 Å². The number of hydrogen-bond donors (Lipinski definition) is 1. The van der Waals surface area contributed by atoms with Gasteiger partial charge in [-0.15, -0.1) is 0 Å². The van der Waals surface area contributed by atoms with Crippen molar-refractivity contribution >= 4 is 0 Å². The van der Waals surface area contributed by atoms with Gasteiger partial charge in [0.25, 0.3) is 0 Å². The first kappa shape index (κ1) is 17.2. The minimum Gasteiger partial charge on any atom is -0.377 e. The Balaban J connectivity index is 2.07. The highest BCUT2D eigenvalue weighted by Crippen LogP contribution is 2.33. The molecule has 3 atom stereocenters. The van der Waals surface area contributed by atoms with Gasteiger partial charge in [-0.05, 0) is 39.7 Å². The fraction of sp³-hybridized carbons (Fsp3) is 1.00. The summed E-state index contributed by atoms with van der Waals surface area (Å²) < 4.78 is 11.2. The number of likely N-dealkylation sites (tertiary alicyclic amines) is 2. The molecule has 2 fully saturated rings. The normalized spacial score (nSPS) is 36.3. The van der Waals surface area contributed by atoms with Crippen LogP contribution >= 0.6 is 0 Å². The molecule has 0 aromatic carbocycles. The van der Waals surface area contributed by atoms with E-state index in [4.69, 9.17) is 15.2 Å². The van der Waals surface area contributed by atoms with Crippen molar-refractivity contribution in [1.82, 2.24) is 9.80 Å². The molecule has 2 heterocycles. The van der Waals surface area contributed by atoms with E-state index in [0.717, 1.165) is 32.6 Å². The Labute approximate surface area is 129 Å². The van der Waals surface area contributed by atoms with Crippen LogP contribution < -0.4 is 5.73 Å². The van der Waals surface area contributed by atoms with Crippen LogP contribution in [0.1, 0.15) is 33.1 Å². The Morgan fingerprint density at radius 1 is 1.10 bits per heavy atom. The zero-order valence-electron chi connectivity index (χ0n) is 14.2. The molecule has 5 nitrogen and oxygen atoms in total. The van der Waals surface area contributed by atoms with E-state index in [1.807, 2.05) is 0 Å². The molecule has 0 aromatic rings. The lowest BCUT2D eigenvalue weighted by molar-refractivity contribution is -0.00461. The number of methoxy groups -OCH3 is 2. The fourth-order valence-electron chi connectivity index (χ4n) is 3.95. The van der Waals surface area contributed by atoms with Gasteiger partial charge in [0.2, 0.25) is 0 Å². The monoisotopic (exact) mass is 299 g/mol. The van der Waals surface area contributed by atoms with Crippen molar-refractivity contribution in [2.45, 2.75) is 56.9 Å². The average Bonchev–Trinajstić information content (AvgIpc) is 2.79. The Kier molecular flexibility index (Phi) is 6.03. The molecule has 0 amide bonds. The maximum Gasteiger partial charge on any atom is 0.0972 e. The van der Waals surface area contributed by atoms with Crippen LogP contribution in [0.2, 0.25) is 0 Å². The van der Waals surface area contributed by atoms with Crippen molar-refractivity contribution < 1.29 is 9.47 Å². The molecule has 0 radical (unpaired) electrons. The van der Waals surface area contributed by atoms with Crippen molar-refractivity contribution in [3.8, 4) is 0 Å². The third kappa shape index (κ3) is 3.59. The number of hydrogen-bond acceptors (Lipinski definition) is 5. The van der Waals surface area contributed by atoms with Crippen molar-refractivity contribution in [2.24, 2.45) is 5.73 Å². The summed E-state index contributed by atoms with van der Waals surface area (Å²) in [6.45, 7) is 9.50. The predicted molar refractivity (Wildman–Crippen MR) is 85.5 cm³/mol. The zero-order chi connectivity index (χ0) is 15.5. The Hall–Kier alpha value is -0.200. The van der Waals surface area contributed by atoms with Crippen molar-refractivity contribution in [3.05, 3.63) is 0 Å². The molecule has 2 N–H and O–H groups in total. The summed E-state index contributed by atoms with van der Waals surface area (Å²) in [4.78, 5) is 5.12. The lowest BCUT2D eigenvalue weighted by Crippen LogP contribution is -2.54. The van der Waals surface area contributed by atoms with Gasteiger partial charge in [-0.3, -0.25) is 4.90 Å². The summed E-state index contributed by atoms with van der Waals surface area (Å²) in [5, 5.41) is 0. The molecule has 0 saturated carbocycles. The Morgan fingerprint density at radius 2 is 1.71 bits per heavy atom. The standard InChI is InChI=1S/C16H33N3O2/c1-13(2)18-8-5-6-16(12-17,7-9-18)19-10-14(20-3)15(11-19)21-4/h13-15H,5-12,17H2,1-4H3. The third-order valence-corrected chi connectivity index (χ3v) is 5.55. The number of ether oxygens (including phenoxy) is 2. The van der Waals surface area contributed by atoms with E-state index in [-0.39, 0.29) is 17.7 Å². The third-order valence-electron chi connectivity index (χ3n) is 5.55. The molecule has 21 heavy (non-hydrogen) atoms. The number of rotatable bonds is 5. The predicted octanol–water partition coefficient (Wildman–Crippen LogP) is 0.924. The average molecular weight is 299 g/mol. The van der Waals surface area contributed by atoms with Gasteiger partial charge >= 0.3 is 0 Å². The molecule has 0 bridgehead atoms. The summed E-state index contributed by atoms with van der Waals surface area (Å²) >= 11 is 0. The first-order chi connectivity index (χ1) is 10.1. The van der Waals surface area contributed by atoms with Gasteiger partial charge in [-0.25, -0.2) is 0 Å². The second kappa shape index (κ2) is 7.38. The molecule has 3 unspecified atom stereocenters. The van der Waals surface area contributed by atoms with E-state index < -0.39 is 0 Å². The lowest BCUT2D eigenvalue weighted by atomic mass is 9.88. The largest absolute Gasteiger partial charge is 0.377 e. The summed E-state index contributed by atoms with van der Waals surface area (Å²) in [5.41, 5.74) is 6.36. The highest BCUT2D eigenvalue weighted by Gasteiger charge is 2.44. The molecule has 5 heteroatoms. The molecule has 0 aliphatic carbocycles. The van der Waals surface area contributed by atoms with Gasteiger partial charge in [0.05, 0.1) is 12.2 Å². The molecule has 2 rings (SSSR count). The smallest absolute Gasteiger partial charge is 0.0972 e. The van der Waals surface area contributed by atoms with E-state index in [0.29, 0.717) is 6.04 Å². The van der Waals surface area contributed by atoms with Crippen LogP contribution in [0, 0.1) is 0 Å². The minimum atomic E-state index is 0.119. The van der Waals surface area contributed by atoms with E-state index in [2.05, 4.69) is 23.6 Å². The molecule has 0 spiro atoms. The van der Waals surface area contributed by atoms with Crippen LogP contribution in [-0.4, -0.2) is 80.5 Å². The van der Waals surface area contributed by atoms with E-state index in [9.17, 15) is 0 Å². The maximum absolute atomic E-state index is 6.24. The topological polar surface area (TPSA) is 51.0 Å². The van der Waals surface area contributed by atoms with Crippen molar-refractivity contribution in [3.63, 3.8) is 0 Å². The Morgan fingerprint density at radius 3 is 2.19 bits per heavy atom. The zero-order valence-corrected chi connectivity index (χ0v) is 14.2. The molecule has 2 aliphatic rings. The first-order valence-electron chi connectivity index (χ1n) is 8.31. The number of nitrogens with two attached hydrogens (primary N) is 1. The summed E-state index contributed by atoms with van der Waals surface area (Å²) in [6, 6.07) is 0.621. The molecular formula is C16H33N3O2. The molecular weight excluding hydrogens is 266 g/mol. The quantitative estimate of drug-likeness (QED) is 0.818. The Bertz CT molecular complexity index is 315. The second-order valence-corrected chi connectivity index (χ2v) is 6.87. The van der Waals surface area contributed by atoms with Gasteiger partial charge in [-0.1, -0.05) is 0 Å². The maximum atomic E-state index is 6.24. The van der Waals surface area contributed by atoms with Gasteiger partial charge in [0, 0.05) is 52.0 Å². The van der Waals surface area contributed by atoms with Crippen molar-refractivity contribution in [2.75, 3.05) is 46.9 Å². The van der Waals surface area contributed by atoms with Crippen molar-refractivity contribution in [1.29, 1.82) is 0 Å². The highest BCUT2D eigenvalue weighted by molar-refractivity contribution is 5.01. The van der Waals surface area contributed by atoms with Crippen LogP contribution in [0.25, 0.3) is 0 Å². The van der Waals surface area contributed by atoms with Crippen LogP contribution in [-0.2, 0) is 9.47 Å². The summed E-state index contributed by atoms with van der Waals surface area (Å²) in [5.74, 6) is 0. The minimum absolute atomic E-state index is 0.119. The van der Waals surface area contributed by atoms with E-state index >= 15 is 0 Å². The fourth-order valence-corrected chi connectivity index (χ4v) is 3.95. The van der Waals surface area contributed by atoms with Crippen LogP contribution in [0.5, 0.6) is 0 Å². The lowest BCUT2D eigenvalue weighted by Gasteiger charge is -2.41. The van der Waals surface area contributed by atoms with Gasteiger partial charge in [0.15, 0.2) is 0 Å². The van der Waals surface area contributed by atoms with Crippen LogP contribution in [0.15, 0.2) is 0 Å². The highest BCUT2D eigenvalue weighted by atomic mass is 16.5. The molecule has 0 aromatic heterocycles. The van der Waals surface area contributed by atoms with Crippen LogP contribution in [0.3, 0.4) is 0 Å². The number of nitrogens with zero attached hydrogens (tertiary/aromatic N) is 2.